The summed E-state index contributed by atoms with van der Waals surface area (Å²) in [6, 6.07) is 6.09. The molecule has 1 aromatic rings. The molecule has 0 fully saturated rings. The number of carboxylic acid groups (broad SMARTS) is 1. The van der Waals surface area contributed by atoms with E-state index < -0.39 is 5.97 Å². The minimum atomic E-state index is -1.02. The predicted octanol–water partition coefficient (Wildman–Crippen LogP) is 3.01. The van der Waals surface area contributed by atoms with E-state index in [1.54, 1.807) is 12.1 Å². The van der Waals surface area contributed by atoms with Crippen molar-refractivity contribution in [1.82, 2.24) is 5.32 Å². The standard InChI is InChI=1S/C16H19NO3/c18-15(13-7-4-8-14(11-13)16(19)20)17-10-9-12-5-2-1-3-6-12/h4-5,7-8,11H,1-3,6,9-10H2,(H,17,18)(H,19,20). The van der Waals surface area contributed by atoms with Gasteiger partial charge in [-0.15, -0.1) is 0 Å². The summed E-state index contributed by atoms with van der Waals surface area (Å²) in [5, 5.41) is 11.7. The first kappa shape index (κ1) is 14.3. The number of allylic oxidation sites excluding steroid dienone is 1. The third-order valence-corrected chi connectivity index (χ3v) is 3.49. The molecule has 20 heavy (non-hydrogen) atoms. The summed E-state index contributed by atoms with van der Waals surface area (Å²) in [5.74, 6) is -1.24. The number of benzene rings is 1. The molecule has 4 heteroatoms. The van der Waals surface area contributed by atoms with Gasteiger partial charge in [-0.2, -0.15) is 0 Å². The van der Waals surface area contributed by atoms with E-state index in [2.05, 4.69) is 11.4 Å². The van der Waals surface area contributed by atoms with Crippen LogP contribution in [0, 0.1) is 0 Å². The first-order valence-corrected chi connectivity index (χ1v) is 6.96. The molecule has 106 valence electrons. The fraction of sp³-hybridized carbons (Fsp3) is 0.375. The van der Waals surface area contributed by atoms with Crippen LogP contribution in [0.3, 0.4) is 0 Å². The second-order valence-electron chi connectivity index (χ2n) is 5.00. The number of hydrogen-bond acceptors (Lipinski definition) is 2. The Morgan fingerprint density at radius 2 is 2.00 bits per heavy atom. The van der Waals surface area contributed by atoms with E-state index in [4.69, 9.17) is 5.11 Å². The van der Waals surface area contributed by atoms with Crippen LogP contribution in [0.25, 0.3) is 0 Å². The zero-order valence-corrected chi connectivity index (χ0v) is 11.4. The Bertz CT molecular complexity index is 534. The summed E-state index contributed by atoms with van der Waals surface area (Å²) in [7, 11) is 0. The molecular formula is C16H19NO3. The Kier molecular flexibility index (Phi) is 4.93. The van der Waals surface area contributed by atoms with Crippen molar-refractivity contribution in [1.29, 1.82) is 0 Å². The van der Waals surface area contributed by atoms with Crippen LogP contribution >= 0.6 is 0 Å². The van der Waals surface area contributed by atoms with Gasteiger partial charge in [0.05, 0.1) is 5.56 Å². The predicted molar refractivity (Wildman–Crippen MR) is 76.9 cm³/mol. The van der Waals surface area contributed by atoms with Gasteiger partial charge in [-0.05, 0) is 50.3 Å². The van der Waals surface area contributed by atoms with Crippen molar-refractivity contribution >= 4 is 11.9 Å². The summed E-state index contributed by atoms with van der Waals surface area (Å²) < 4.78 is 0. The molecule has 0 aliphatic heterocycles. The van der Waals surface area contributed by atoms with E-state index in [9.17, 15) is 9.59 Å². The van der Waals surface area contributed by atoms with E-state index in [0.717, 1.165) is 19.3 Å². The molecule has 0 aromatic heterocycles. The lowest BCUT2D eigenvalue weighted by molar-refractivity contribution is 0.0697. The molecule has 0 saturated carbocycles. The number of rotatable bonds is 5. The van der Waals surface area contributed by atoms with Crippen LogP contribution in [0.4, 0.5) is 0 Å². The van der Waals surface area contributed by atoms with E-state index in [1.165, 1.54) is 30.5 Å². The number of hydrogen-bond donors (Lipinski definition) is 2. The Balaban J connectivity index is 1.86. The lowest BCUT2D eigenvalue weighted by Crippen LogP contribution is -2.25. The first-order chi connectivity index (χ1) is 9.66. The normalized spacial score (nSPS) is 14.5. The van der Waals surface area contributed by atoms with Crippen LogP contribution in [0.5, 0.6) is 0 Å². The highest BCUT2D eigenvalue weighted by Crippen LogP contribution is 2.19. The van der Waals surface area contributed by atoms with Crippen LogP contribution in [-0.2, 0) is 0 Å². The summed E-state index contributed by atoms with van der Waals surface area (Å²) in [6.45, 7) is 0.599. The summed E-state index contributed by atoms with van der Waals surface area (Å²) in [5.41, 5.74) is 1.94. The fourth-order valence-electron chi connectivity index (χ4n) is 2.36. The minimum absolute atomic E-state index is 0.132. The summed E-state index contributed by atoms with van der Waals surface area (Å²) in [6.07, 6.45) is 7.91. The second-order valence-corrected chi connectivity index (χ2v) is 5.00. The average Bonchev–Trinajstić information content (AvgIpc) is 2.48. The number of carbonyl (C=O) groups excluding carboxylic acids is 1. The van der Waals surface area contributed by atoms with Gasteiger partial charge in [0.25, 0.3) is 5.91 Å². The highest BCUT2D eigenvalue weighted by molar-refractivity contribution is 5.97. The average molecular weight is 273 g/mol. The van der Waals surface area contributed by atoms with Gasteiger partial charge in [-0.25, -0.2) is 4.79 Å². The number of amides is 1. The van der Waals surface area contributed by atoms with Crippen molar-refractivity contribution < 1.29 is 14.7 Å². The highest BCUT2D eigenvalue weighted by atomic mass is 16.4. The fourth-order valence-corrected chi connectivity index (χ4v) is 2.36. The monoisotopic (exact) mass is 273 g/mol. The van der Waals surface area contributed by atoms with Gasteiger partial charge in [0.2, 0.25) is 0 Å². The molecule has 0 bridgehead atoms. The van der Waals surface area contributed by atoms with E-state index >= 15 is 0 Å². The minimum Gasteiger partial charge on any atom is -0.478 e. The maximum absolute atomic E-state index is 11.9. The molecule has 1 amide bonds. The molecule has 0 spiro atoms. The molecule has 2 rings (SSSR count). The van der Waals surface area contributed by atoms with Crippen molar-refractivity contribution in [3.8, 4) is 0 Å². The van der Waals surface area contributed by atoms with E-state index in [1.807, 2.05) is 0 Å². The van der Waals surface area contributed by atoms with Gasteiger partial charge in [-0.1, -0.05) is 17.7 Å². The number of nitrogens with one attached hydrogen (secondary N) is 1. The molecule has 2 N–H and O–H groups in total. The molecule has 0 radical (unpaired) electrons. The molecular weight excluding hydrogens is 254 g/mol. The molecule has 0 unspecified atom stereocenters. The van der Waals surface area contributed by atoms with Crippen molar-refractivity contribution in [3.05, 3.63) is 47.0 Å². The van der Waals surface area contributed by atoms with Crippen molar-refractivity contribution in [3.63, 3.8) is 0 Å². The SMILES string of the molecule is O=C(O)c1cccc(C(=O)NCCC2=CCCCC2)c1. The third-order valence-electron chi connectivity index (χ3n) is 3.49. The molecule has 4 nitrogen and oxygen atoms in total. The highest BCUT2D eigenvalue weighted by Gasteiger charge is 2.09. The smallest absolute Gasteiger partial charge is 0.335 e. The Labute approximate surface area is 118 Å². The first-order valence-electron chi connectivity index (χ1n) is 6.96. The van der Waals surface area contributed by atoms with Gasteiger partial charge >= 0.3 is 5.97 Å². The lowest BCUT2D eigenvalue weighted by Gasteiger charge is -2.13. The van der Waals surface area contributed by atoms with Crippen molar-refractivity contribution in [2.45, 2.75) is 32.1 Å². The maximum atomic E-state index is 11.9. The molecule has 1 aliphatic rings. The molecule has 1 aliphatic carbocycles. The van der Waals surface area contributed by atoms with Gasteiger partial charge < -0.3 is 10.4 Å². The van der Waals surface area contributed by atoms with Crippen LogP contribution in [0.2, 0.25) is 0 Å². The molecule has 0 atom stereocenters. The van der Waals surface area contributed by atoms with Crippen LogP contribution in [0.15, 0.2) is 35.9 Å². The van der Waals surface area contributed by atoms with Crippen LogP contribution in [0.1, 0.15) is 52.8 Å². The largest absolute Gasteiger partial charge is 0.478 e. The van der Waals surface area contributed by atoms with Gasteiger partial charge in [0.15, 0.2) is 0 Å². The van der Waals surface area contributed by atoms with Crippen molar-refractivity contribution in [2.75, 3.05) is 6.54 Å². The number of carbonyl (C=O) groups is 2. The Morgan fingerprint density at radius 1 is 1.20 bits per heavy atom. The van der Waals surface area contributed by atoms with E-state index in [-0.39, 0.29) is 11.5 Å². The van der Waals surface area contributed by atoms with Crippen LogP contribution < -0.4 is 5.32 Å². The lowest BCUT2D eigenvalue weighted by atomic mass is 9.97. The Morgan fingerprint density at radius 3 is 2.70 bits per heavy atom. The quantitative estimate of drug-likeness (QED) is 0.810. The number of carboxylic acids is 1. The molecule has 0 heterocycles. The van der Waals surface area contributed by atoms with Crippen molar-refractivity contribution in [2.24, 2.45) is 0 Å². The maximum Gasteiger partial charge on any atom is 0.335 e. The Hall–Kier alpha value is -2.10. The van der Waals surface area contributed by atoms with Gasteiger partial charge in [0, 0.05) is 12.1 Å². The van der Waals surface area contributed by atoms with Crippen LogP contribution in [-0.4, -0.2) is 23.5 Å². The second kappa shape index (κ2) is 6.89. The third kappa shape index (κ3) is 3.95. The molecule has 1 aromatic carbocycles. The topological polar surface area (TPSA) is 66.4 Å². The van der Waals surface area contributed by atoms with Gasteiger partial charge in [0.1, 0.15) is 0 Å². The summed E-state index contributed by atoms with van der Waals surface area (Å²) >= 11 is 0. The zero-order chi connectivity index (χ0) is 14.4. The van der Waals surface area contributed by atoms with Gasteiger partial charge in [-0.3, -0.25) is 4.79 Å². The zero-order valence-electron chi connectivity index (χ0n) is 11.4. The summed E-state index contributed by atoms with van der Waals surface area (Å²) in [4.78, 5) is 22.8. The number of aromatic carboxylic acids is 1. The molecule has 0 saturated heterocycles. The van der Waals surface area contributed by atoms with E-state index in [0.29, 0.717) is 12.1 Å².